The van der Waals surface area contributed by atoms with Crippen LogP contribution in [-0.4, -0.2) is 19.8 Å². The molecule has 0 unspecified atom stereocenters. The van der Waals surface area contributed by atoms with Gasteiger partial charge >= 0.3 is 0 Å². The van der Waals surface area contributed by atoms with Gasteiger partial charge in [0.1, 0.15) is 24.7 Å². The summed E-state index contributed by atoms with van der Waals surface area (Å²) in [5.41, 5.74) is 8.09. The van der Waals surface area contributed by atoms with Gasteiger partial charge in [0, 0.05) is 5.56 Å². The second-order valence-corrected chi connectivity index (χ2v) is 5.76. The molecule has 3 rings (SSSR count). The normalized spacial score (nSPS) is 10.8. The van der Waals surface area contributed by atoms with Gasteiger partial charge in [-0.3, -0.25) is 0 Å². The quantitative estimate of drug-likeness (QED) is 0.666. The zero-order chi connectivity index (χ0) is 16.8. The highest BCUT2D eigenvalue weighted by atomic mass is 16.5. The number of para-hydroxylation sites is 1. The lowest BCUT2D eigenvalue weighted by molar-refractivity contribution is 0.215. The summed E-state index contributed by atoms with van der Waals surface area (Å²) in [6, 6.07) is 20.5. The Morgan fingerprint density at radius 2 is 1.50 bits per heavy atom. The summed E-state index contributed by atoms with van der Waals surface area (Å²) >= 11 is 0. The van der Waals surface area contributed by atoms with Crippen molar-refractivity contribution in [2.45, 2.75) is 13.3 Å². The molecule has 0 spiro atoms. The molecule has 0 aliphatic carbocycles. The highest BCUT2D eigenvalue weighted by Gasteiger charge is 2.08. The van der Waals surface area contributed by atoms with Crippen LogP contribution in [0.2, 0.25) is 0 Å². The largest absolute Gasteiger partial charge is 0.490 e. The minimum absolute atomic E-state index is 0.504. The summed E-state index contributed by atoms with van der Waals surface area (Å²) < 4.78 is 11.8. The van der Waals surface area contributed by atoms with Crippen LogP contribution in [0, 0.1) is 6.92 Å². The molecule has 124 valence electrons. The van der Waals surface area contributed by atoms with Crippen molar-refractivity contribution in [2.75, 3.05) is 19.8 Å². The van der Waals surface area contributed by atoms with Crippen molar-refractivity contribution in [1.29, 1.82) is 0 Å². The Kier molecular flexibility index (Phi) is 5.34. The Hall–Kier alpha value is -2.52. The predicted octanol–water partition coefficient (Wildman–Crippen LogP) is 4.11. The number of hydrogen-bond acceptors (Lipinski definition) is 3. The van der Waals surface area contributed by atoms with Crippen molar-refractivity contribution in [1.82, 2.24) is 0 Å². The lowest BCUT2D eigenvalue weighted by Crippen LogP contribution is -2.12. The van der Waals surface area contributed by atoms with E-state index < -0.39 is 0 Å². The summed E-state index contributed by atoms with van der Waals surface area (Å²) in [7, 11) is 0. The van der Waals surface area contributed by atoms with Crippen LogP contribution in [0.5, 0.6) is 11.5 Å². The maximum absolute atomic E-state index is 5.98. The van der Waals surface area contributed by atoms with Crippen LogP contribution < -0.4 is 15.2 Å². The van der Waals surface area contributed by atoms with Gasteiger partial charge < -0.3 is 15.2 Å². The van der Waals surface area contributed by atoms with Gasteiger partial charge in [0.05, 0.1) is 0 Å². The van der Waals surface area contributed by atoms with Crippen LogP contribution in [0.25, 0.3) is 10.8 Å². The molecule has 0 heterocycles. The predicted molar refractivity (Wildman–Crippen MR) is 98.9 cm³/mol. The summed E-state index contributed by atoms with van der Waals surface area (Å²) in [6.45, 7) is 3.66. The van der Waals surface area contributed by atoms with Crippen molar-refractivity contribution in [3.63, 3.8) is 0 Å². The van der Waals surface area contributed by atoms with E-state index in [1.54, 1.807) is 0 Å². The van der Waals surface area contributed by atoms with Crippen molar-refractivity contribution in [3.05, 3.63) is 71.8 Å². The maximum Gasteiger partial charge on any atom is 0.123 e. The number of rotatable bonds is 7. The van der Waals surface area contributed by atoms with Crippen molar-refractivity contribution < 1.29 is 9.47 Å². The summed E-state index contributed by atoms with van der Waals surface area (Å²) in [6.07, 6.45) is 0.801. The molecule has 0 bridgehead atoms. The first kappa shape index (κ1) is 16.3. The zero-order valence-corrected chi connectivity index (χ0v) is 14.0. The fourth-order valence-corrected chi connectivity index (χ4v) is 2.88. The minimum Gasteiger partial charge on any atom is -0.490 e. The Morgan fingerprint density at radius 3 is 2.29 bits per heavy atom. The first-order valence-electron chi connectivity index (χ1n) is 8.31. The van der Waals surface area contributed by atoms with E-state index in [1.165, 1.54) is 16.3 Å². The van der Waals surface area contributed by atoms with Gasteiger partial charge in [0.2, 0.25) is 0 Å². The number of aryl methyl sites for hydroxylation is 1. The van der Waals surface area contributed by atoms with E-state index in [9.17, 15) is 0 Å². The van der Waals surface area contributed by atoms with E-state index in [2.05, 4.69) is 18.2 Å². The number of benzene rings is 3. The first-order valence-corrected chi connectivity index (χ1v) is 8.31. The number of fused-ring (bicyclic) bond motifs is 1. The molecule has 0 atom stereocenters. The third kappa shape index (κ3) is 3.69. The molecule has 0 aliphatic rings. The SMILES string of the molecule is Cc1ccccc1OCCOc1ccc2ccccc2c1CCN. The van der Waals surface area contributed by atoms with Gasteiger partial charge in [-0.05, 0) is 48.4 Å². The molecule has 3 aromatic rings. The number of ether oxygens (including phenoxy) is 2. The van der Waals surface area contributed by atoms with Crippen LogP contribution in [0.4, 0.5) is 0 Å². The molecular formula is C21H23NO2. The fraction of sp³-hybridized carbons (Fsp3) is 0.238. The molecule has 24 heavy (non-hydrogen) atoms. The lowest BCUT2D eigenvalue weighted by Gasteiger charge is -2.15. The molecule has 0 fully saturated rings. The average molecular weight is 321 g/mol. The summed E-state index contributed by atoms with van der Waals surface area (Å²) in [4.78, 5) is 0. The van der Waals surface area contributed by atoms with Crippen molar-refractivity contribution in [2.24, 2.45) is 5.73 Å². The second kappa shape index (κ2) is 7.84. The molecule has 0 saturated heterocycles. The van der Waals surface area contributed by atoms with E-state index >= 15 is 0 Å². The molecular weight excluding hydrogens is 298 g/mol. The molecule has 0 radical (unpaired) electrons. The van der Waals surface area contributed by atoms with Gasteiger partial charge in [-0.1, -0.05) is 48.5 Å². The molecule has 3 nitrogen and oxygen atoms in total. The molecule has 3 aromatic carbocycles. The van der Waals surface area contributed by atoms with Crippen molar-refractivity contribution >= 4 is 10.8 Å². The van der Waals surface area contributed by atoms with Gasteiger partial charge in [-0.2, -0.15) is 0 Å². The van der Waals surface area contributed by atoms with E-state index in [-0.39, 0.29) is 0 Å². The second-order valence-electron chi connectivity index (χ2n) is 5.76. The average Bonchev–Trinajstić information content (AvgIpc) is 2.61. The van der Waals surface area contributed by atoms with E-state index in [1.807, 2.05) is 49.4 Å². The van der Waals surface area contributed by atoms with E-state index in [0.29, 0.717) is 19.8 Å². The van der Waals surface area contributed by atoms with E-state index in [0.717, 1.165) is 23.5 Å². The summed E-state index contributed by atoms with van der Waals surface area (Å²) in [5, 5.41) is 2.42. The Bertz CT molecular complexity index is 814. The standard InChI is InChI=1S/C21H23NO2/c1-16-6-2-5-9-20(16)23-14-15-24-21-11-10-17-7-3-4-8-18(17)19(21)12-13-22/h2-11H,12-15,22H2,1H3. The van der Waals surface area contributed by atoms with Crippen LogP contribution in [0.15, 0.2) is 60.7 Å². The molecule has 0 aromatic heterocycles. The zero-order valence-electron chi connectivity index (χ0n) is 14.0. The van der Waals surface area contributed by atoms with Gasteiger partial charge in [0.25, 0.3) is 0 Å². The van der Waals surface area contributed by atoms with Crippen LogP contribution in [0.1, 0.15) is 11.1 Å². The Morgan fingerprint density at radius 1 is 0.792 bits per heavy atom. The minimum atomic E-state index is 0.504. The molecule has 2 N–H and O–H groups in total. The highest BCUT2D eigenvalue weighted by Crippen LogP contribution is 2.28. The summed E-state index contributed by atoms with van der Waals surface area (Å²) in [5.74, 6) is 1.80. The smallest absolute Gasteiger partial charge is 0.123 e. The van der Waals surface area contributed by atoms with E-state index in [4.69, 9.17) is 15.2 Å². The number of hydrogen-bond donors (Lipinski definition) is 1. The fourth-order valence-electron chi connectivity index (χ4n) is 2.88. The highest BCUT2D eigenvalue weighted by molar-refractivity contribution is 5.87. The monoisotopic (exact) mass is 321 g/mol. The molecule has 0 aliphatic heterocycles. The molecule has 0 saturated carbocycles. The maximum atomic E-state index is 5.98. The third-order valence-electron chi connectivity index (χ3n) is 4.08. The topological polar surface area (TPSA) is 44.5 Å². The number of nitrogens with two attached hydrogens (primary N) is 1. The Labute approximate surface area is 143 Å². The van der Waals surface area contributed by atoms with Gasteiger partial charge in [0.15, 0.2) is 0 Å². The van der Waals surface area contributed by atoms with Crippen molar-refractivity contribution in [3.8, 4) is 11.5 Å². The Balaban J connectivity index is 1.68. The molecule has 3 heteroatoms. The van der Waals surface area contributed by atoms with Gasteiger partial charge in [-0.15, -0.1) is 0 Å². The van der Waals surface area contributed by atoms with Crippen LogP contribution >= 0.6 is 0 Å². The van der Waals surface area contributed by atoms with Crippen LogP contribution in [-0.2, 0) is 6.42 Å². The lowest BCUT2D eigenvalue weighted by atomic mass is 10.0. The molecule has 0 amide bonds. The third-order valence-corrected chi connectivity index (χ3v) is 4.08. The van der Waals surface area contributed by atoms with Crippen LogP contribution in [0.3, 0.4) is 0 Å². The first-order chi connectivity index (χ1) is 11.8. The van der Waals surface area contributed by atoms with Gasteiger partial charge in [-0.25, -0.2) is 0 Å².